The van der Waals surface area contributed by atoms with Crippen LogP contribution >= 0.6 is 0 Å². The highest BCUT2D eigenvalue weighted by Crippen LogP contribution is 2.17. The van der Waals surface area contributed by atoms with Gasteiger partial charge in [-0.25, -0.2) is 0 Å². The van der Waals surface area contributed by atoms with E-state index in [0.29, 0.717) is 19.3 Å². The second kappa shape index (κ2) is 40.1. The van der Waals surface area contributed by atoms with Crippen molar-refractivity contribution in [2.45, 2.75) is 259 Å². The van der Waals surface area contributed by atoms with Crippen LogP contribution in [0.4, 0.5) is 0 Å². The molecule has 0 fully saturated rings. The van der Waals surface area contributed by atoms with E-state index < -0.39 is 6.10 Å². The summed E-state index contributed by atoms with van der Waals surface area (Å²) in [6.07, 6.45) is 38.0. The molecule has 6 heteroatoms. The largest absolute Gasteiger partial charge is 0.462 e. The molecule has 0 saturated carbocycles. The summed E-state index contributed by atoms with van der Waals surface area (Å²) in [5, 5.41) is 0. The summed E-state index contributed by atoms with van der Waals surface area (Å²) in [7, 11) is 0. The zero-order chi connectivity index (χ0) is 39.0. The highest BCUT2D eigenvalue weighted by atomic mass is 16.6. The number of unbranched alkanes of at least 4 members (excludes halogenated alkanes) is 25. The Morgan fingerprint density at radius 2 is 0.717 bits per heavy atom. The van der Waals surface area contributed by atoms with E-state index in [-0.39, 0.29) is 31.1 Å². The molecule has 0 N–H and O–H groups in total. The molecular formula is C47H90O6. The molecular weight excluding hydrogens is 661 g/mol. The normalized spacial score (nSPS) is 12.6. The van der Waals surface area contributed by atoms with Crippen molar-refractivity contribution in [2.75, 3.05) is 13.2 Å². The van der Waals surface area contributed by atoms with Crippen LogP contribution in [0.5, 0.6) is 0 Å². The van der Waals surface area contributed by atoms with E-state index in [9.17, 15) is 14.4 Å². The van der Waals surface area contributed by atoms with Gasteiger partial charge in [0.2, 0.25) is 0 Å². The number of rotatable bonds is 41. The van der Waals surface area contributed by atoms with Crippen LogP contribution in [0.25, 0.3) is 0 Å². The minimum Gasteiger partial charge on any atom is -0.462 e. The molecule has 2 atom stereocenters. The Bertz CT molecular complexity index is 811. The maximum Gasteiger partial charge on any atom is 0.306 e. The smallest absolute Gasteiger partial charge is 0.306 e. The minimum atomic E-state index is -0.761. The summed E-state index contributed by atoms with van der Waals surface area (Å²) >= 11 is 0. The summed E-state index contributed by atoms with van der Waals surface area (Å²) in [4.78, 5) is 37.7. The number of esters is 3. The molecule has 314 valence electrons. The first kappa shape index (κ1) is 51.4. The molecule has 0 aliphatic rings. The molecule has 0 heterocycles. The van der Waals surface area contributed by atoms with Gasteiger partial charge in [-0.1, -0.05) is 214 Å². The van der Waals surface area contributed by atoms with Crippen LogP contribution in [-0.2, 0) is 28.6 Å². The zero-order valence-corrected chi connectivity index (χ0v) is 36.1. The lowest BCUT2D eigenvalue weighted by Crippen LogP contribution is -2.30. The van der Waals surface area contributed by atoms with Crippen molar-refractivity contribution >= 4 is 17.9 Å². The predicted molar refractivity (Wildman–Crippen MR) is 224 cm³/mol. The van der Waals surface area contributed by atoms with Crippen LogP contribution in [0, 0.1) is 11.8 Å². The van der Waals surface area contributed by atoms with Crippen molar-refractivity contribution in [3.63, 3.8) is 0 Å². The van der Waals surface area contributed by atoms with Gasteiger partial charge in [0, 0.05) is 19.3 Å². The molecule has 1 unspecified atom stereocenters. The summed E-state index contributed by atoms with van der Waals surface area (Å²) in [5.41, 5.74) is 0. The average Bonchev–Trinajstić information content (AvgIpc) is 3.14. The molecule has 0 aromatic heterocycles. The van der Waals surface area contributed by atoms with E-state index in [1.165, 1.54) is 141 Å². The van der Waals surface area contributed by atoms with Gasteiger partial charge in [0.25, 0.3) is 0 Å². The van der Waals surface area contributed by atoms with Crippen molar-refractivity contribution in [1.29, 1.82) is 0 Å². The van der Waals surface area contributed by atoms with Gasteiger partial charge in [0.1, 0.15) is 13.2 Å². The fraction of sp³-hybridized carbons (Fsp3) is 0.936. The van der Waals surface area contributed by atoms with Gasteiger partial charge in [-0.05, 0) is 31.1 Å². The molecule has 0 aromatic rings. The number of carbonyl (C=O) groups excluding carboxylic acids is 3. The maximum atomic E-state index is 12.7. The summed E-state index contributed by atoms with van der Waals surface area (Å²) in [6.45, 7) is 11.3. The molecule has 0 aliphatic heterocycles. The highest BCUT2D eigenvalue weighted by molar-refractivity contribution is 5.71. The van der Waals surface area contributed by atoms with Crippen LogP contribution in [0.1, 0.15) is 253 Å². The van der Waals surface area contributed by atoms with Crippen LogP contribution in [0.3, 0.4) is 0 Å². The van der Waals surface area contributed by atoms with Gasteiger partial charge in [-0.15, -0.1) is 0 Å². The van der Waals surface area contributed by atoms with Gasteiger partial charge in [-0.3, -0.25) is 14.4 Å². The number of carbonyl (C=O) groups is 3. The molecule has 53 heavy (non-hydrogen) atoms. The van der Waals surface area contributed by atoms with Crippen LogP contribution in [0.2, 0.25) is 0 Å². The summed E-state index contributed by atoms with van der Waals surface area (Å²) in [5.74, 6) is 0.770. The third-order valence-electron chi connectivity index (χ3n) is 10.8. The lowest BCUT2D eigenvalue weighted by atomic mass is 9.99. The SMILES string of the molecule is CCCCCCCCCCCCCCC(=O)OC[C@H](COC(=O)CCCCCCCCC(C)C)OC(=O)CCCCCCCCCCCCC(C)CC. The maximum absolute atomic E-state index is 12.7. The topological polar surface area (TPSA) is 78.9 Å². The molecule has 6 nitrogen and oxygen atoms in total. The lowest BCUT2D eigenvalue weighted by molar-refractivity contribution is -0.167. The van der Waals surface area contributed by atoms with E-state index in [0.717, 1.165) is 69.6 Å². The molecule has 0 bridgehead atoms. The first-order chi connectivity index (χ1) is 25.8. The quantitative estimate of drug-likeness (QED) is 0.0352. The molecule has 0 aromatic carbocycles. The third kappa shape index (κ3) is 39.9. The van der Waals surface area contributed by atoms with E-state index in [1.54, 1.807) is 0 Å². The third-order valence-corrected chi connectivity index (χ3v) is 10.8. The van der Waals surface area contributed by atoms with Gasteiger partial charge in [0.15, 0.2) is 6.10 Å². The van der Waals surface area contributed by atoms with Gasteiger partial charge in [0.05, 0.1) is 0 Å². The van der Waals surface area contributed by atoms with E-state index in [1.807, 2.05) is 0 Å². The van der Waals surface area contributed by atoms with Gasteiger partial charge < -0.3 is 14.2 Å². The van der Waals surface area contributed by atoms with E-state index in [4.69, 9.17) is 14.2 Å². The number of hydrogen-bond donors (Lipinski definition) is 0. The first-order valence-electron chi connectivity index (χ1n) is 23.3. The van der Waals surface area contributed by atoms with Crippen molar-refractivity contribution < 1.29 is 28.6 Å². The van der Waals surface area contributed by atoms with Gasteiger partial charge >= 0.3 is 17.9 Å². The number of hydrogen-bond acceptors (Lipinski definition) is 6. The zero-order valence-electron chi connectivity index (χ0n) is 36.1. The Hall–Kier alpha value is -1.59. The monoisotopic (exact) mass is 751 g/mol. The Labute approximate surface area is 329 Å². The average molecular weight is 751 g/mol. The van der Waals surface area contributed by atoms with Crippen LogP contribution in [-0.4, -0.2) is 37.2 Å². The lowest BCUT2D eigenvalue weighted by Gasteiger charge is -2.18. The minimum absolute atomic E-state index is 0.0654. The Morgan fingerprint density at radius 3 is 1.08 bits per heavy atom. The van der Waals surface area contributed by atoms with E-state index >= 15 is 0 Å². The molecule has 0 rings (SSSR count). The molecule has 0 saturated heterocycles. The van der Waals surface area contributed by atoms with Crippen LogP contribution < -0.4 is 0 Å². The van der Waals surface area contributed by atoms with Gasteiger partial charge in [-0.2, -0.15) is 0 Å². The second-order valence-electron chi connectivity index (χ2n) is 16.8. The Balaban J connectivity index is 4.33. The highest BCUT2D eigenvalue weighted by Gasteiger charge is 2.19. The van der Waals surface area contributed by atoms with Crippen molar-refractivity contribution in [3.8, 4) is 0 Å². The van der Waals surface area contributed by atoms with Crippen molar-refractivity contribution in [1.82, 2.24) is 0 Å². The molecule has 0 radical (unpaired) electrons. The molecule has 0 aliphatic carbocycles. The first-order valence-corrected chi connectivity index (χ1v) is 23.3. The van der Waals surface area contributed by atoms with Crippen molar-refractivity contribution in [2.24, 2.45) is 11.8 Å². The number of ether oxygens (including phenoxy) is 3. The molecule has 0 spiro atoms. The predicted octanol–water partition coefficient (Wildman–Crippen LogP) is 14.6. The Morgan fingerprint density at radius 1 is 0.396 bits per heavy atom. The second-order valence-corrected chi connectivity index (χ2v) is 16.8. The fourth-order valence-corrected chi connectivity index (χ4v) is 6.90. The molecule has 0 amide bonds. The van der Waals surface area contributed by atoms with Crippen LogP contribution in [0.15, 0.2) is 0 Å². The Kier molecular flexibility index (Phi) is 38.9. The fourth-order valence-electron chi connectivity index (χ4n) is 6.90. The van der Waals surface area contributed by atoms with Crippen molar-refractivity contribution in [3.05, 3.63) is 0 Å². The summed E-state index contributed by atoms with van der Waals surface area (Å²) < 4.78 is 16.7. The van der Waals surface area contributed by atoms with E-state index in [2.05, 4.69) is 34.6 Å². The standard InChI is InChI=1S/C47H90O6/c1-6-8-9-10-11-12-13-14-18-21-27-32-37-45(48)51-40-44(41-52-46(49)38-33-28-24-23-25-30-35-42(3)4)53-47(50)39-34-29-22-19-16-15-17-20-26-31-36-43(5)7-2/h42-44H,6-41H2,1-5H3/t43?,44-/m1/s1. The summed E-state index contributed by atoms with van der Waals surface area (Å²) in [6, 6.07) is 0.